The molecule has 0 saturated carbocycles. The maximum atomic E-state index is 13.1. The number of rotatable bonds is 4. The molecular formula is C24H31N3O2S. The molecular weight excluding hydrogens is 394 g/mol. The zero-order valence-corrected chi connectivity index (χ0v) is 18.8. The van der Waals surface area contributed by atoms with Gasteiger partial charge < -0.3 is 4.90 Å². The molecule has 0 bridgehead atoms. The number of hydrogen-bond donors (Lipinski definition) is 0. The van der Waals surface area contributed by atoms with E-state index >= 15 is 0 Å². The van der Waals surface area contributed by atoms with Gasteiger partial charge in [0.05, 0.1) is 11.6 Å². The molecule has 0 spiro atoms. The van der Waals surface area contributed by atoms with Crippen molar-refractivity contribution in [3.8, 4) is 0 Å². The Bertz CT molecular complexity index is 860. The van der Waals surface area contributed by atoms with Gasteiger partial charge in [-0.3, -0.25) is 14.5 Å². The zero-order valence-electron chi connectivity index (χ0n) is 18.0. The van der Waals surface area contributed by atoms with Gasteiger partial charge in [0, 0.05) is 25.2 Å². The Morgan fingerprint density at radius 1 is 1.23 bits per heavy atom. The molecule has 1 fully saturated rings. The van der Waals surface area contributed by atoms with E-state index in [1.165, 1.54) is 18.4 Å². The molecule has 0 aromatic rings. The lowest BCUT2D eigenvalue weighted by atomic mass is 9.89. The van der Waals surface area contributed by atoms with E-state index in [1.54, 1.807) is 17.1 Å². The van der Waals surface area contributed by atoms with Crippen LogP contribution in [0.15, 0.2) is 40.4 Å². The molecule has 0 radical (unpaired) electrons. The number of allylic oxidation sites excluding steroid dienone is 2. The topological polar surface area (TPSA) is 53.0 Å². The number of amides is 2. The second-order valence-corrected chi connectivity index (χ2v) is 9.63. The second kappa shape index (κ2) is 8.96. The molecule has 6 heteroatoms. The molecule has 4 aliphatic rings. The van der Waals surface area contributed by atoms with E-state index in [4.69, 9.17) is 12.2 Å². The van der Waals surface area contributed by atoms with Gasteiger partial charge in [-0.25, -0.2) is 4.99 Å². The first-order valence-electron chi connectivity index (χ1n) is 11.2. The SMILES string of the molecule is CC1CC(C)CN(C(=O)C2=CC3=NC(=S)N(CCC4=CCCCC4)C(=O)C3C=C2)C1. The number of aliphatic imine (C=N–C) groups is 1. The number of piperidine rings is 1. The number of hydrogen-bond acceptors (Lipinski definition) is 3. The fraction of sp³-hybridized carbons (Fsp3) is 0.583. The van der Waals surface area contributed by atoms with Crippen molar-refractivity contribution in [2.45, 2.75) is 52.4 Å². The Morgan fingerprint density at radius 3 is 2.70 bits per heavy atom. The van der Waals surface area contributed by atoms with Crippen LogP contribution in [0.25, 0.3) is 0 Å². The van der Waals surface area contributed by atoms with Crippen molar-refractivity contribution < 1.29 is 9.59 Å². The fourth-order valence-corrected chi connectivity index (χ4v) is 5.36. The highest BCUT2D eigenvalue weighted by molar-refractivity contribution is 7.80. The lowest BCUT2D eigenvalue weighted by molar-refractivity contribution is -0.130. The summed E-state index contributed by atoms with van der Waals surface area (Å²) < 4.78 is 0. The van der Waals surface area contributed by atoms with E-state index in [0.29, 0.717) is 34.8 Å². The third-order valence-corrected chi connectivity index (χ3v) is 6.83. The smallest absolute Gasteiger partial charge is 0.253 e. The van der Waals surface area contributed by atoms with Crippen LogP contribution in [0.4, 0.5) is 0 Å². The minimum absolute atomic E-state index is 0.0239. The molecule has 2 amide bonds. The van der Waals surface area contributed by atoms with E-state index in [2.05, 4.69) is 24.9 Å². The molecule has 5 nitrogen and oxygen atoms in total. The van der Waals surface area contributed by atoms with Crippen molar-refractivity contribution in [2.75, 3.05) is 19.6 Å². The largest absolute Gasteiger partial charge is 0.338 e. The van der Waals surface area contributed by atoms with Gasteiger partial charge in [-0.2, -0.15) is 0 Å². The number of carbonyl (C=O) groups is 2. The van der Waals surface area contributed by atoms with Crippen molar-refractivity contribution in [2.24, 2.45) is 22.7 Å². The summed E-state index contributed by atoms with van der Waals surface area (Å²) in [5, 5.41) is 0.321. The van der Waals surface area contributed by atoms with Gasteiger partial charge in [0.15, 0.2) is 0 Å². The van der Waals surface area contributed by atoms with Gasteiger partial charge in [0.25, 0.3) is 5.91 Å². The summed E-state index contributed by atoms with van der Waals surface area (Å²) in [6.45, 7) is 6.54. The molecule has 3 unspecified atom stereocenters. The Hall–Kier alpha value is -2.08. The molecule has 0 aromatic carbocycles. The highest BCUT2D eigenvalue weighted by Gasteiger charge is 2.36. The summed E-state index contributed by atoms with van der Waals surface area (Å²) in [5.74, 6) is 0.574. The van der Waals surface area contributed by atoms with Gasteiger partial charge in [0.2, 0.25) is 11.0 Å². The van der Waals surface area contributed by atoms with Crippen LogP contribution in [-0.4, -0.2) is 52.1 Å². The molecule has 2 heterocycles. The van der Waals surface area contributed by atoms with Crippen LogP contribution >= 0.6 is 12.2 Å². The Balaban J connectivity index is 1.46. The van der Waals surface area contributed by atoms with Crippen LogP contribution in [0.3, 0.4) is 0 Å². The summed E-state index contributed by atoms with van der Waals surface area (Å²) >= 11 is 5.45. The van der Waals surface area contributed by atoms with Crippen molar-refractivity contribution in [1.82, 2.24) is 9.80 Å². The second-order valence-electron chi connectivity index (χ2n) is 9.26. The van der Waals surface area contributed by atoms with E-state index in [-0.39, 0.29) is 11.8 Å². The van der Waals surface area contributed by atoms with Gasteiger partial charge in [-0.15, -0.1) is 0 Å². The maximum Gasteiger partial charge on any atom is 0.253 e. The molecule has 3 atom stereocenters. The predicted octanol–water partition coefficient (Wildman–Crippen LogP) is 4.06. The lowest BCUT2D eigenvalue weighted by Crippen LogP contribution is -2.47. The Kier molecular flexibility index (Phi) is 6.32. The average molecular weight is 426 g/mol. The predicted molar refractivity (Wildman–Crippen MR) is 123 cm³/mol. The average Bonchev–Trinajstić information content (AvgIpc) is 2.72. The van der Waals surface area contributed by atoms with Crippen LogP contribution in [0.2, 0.25) is 0 Å². The first kappa shape index (κ1) is 21.2. The monoisotopic (exact) mass is 425 g/mol. The van der Waals surface area contributed by atoms with Gasteiger partial charge >= 0.3 is 0 Å². The van der Waals surface area contributed by atoms with Gasteiger partial charge in [0.1, 0.15) is 0 Å². The van der Waals surface area contributed by atoms with Crippen LogP contribution < -0.4 is 0 Å². The summed E-state index contributed by atoms with van der Waals surface area (Å²) in [4.78, 5) is 34.2. The van der Waals surface area contributed by atoms with Crippen molar-refractivity contribution in [3.05, 3.63) is 35.5 Å². The minimum Gasteiger partial charge on any atom is -0.338 e. The summed E-state index contributed by atoms with van der Waals surface area (Å²) in [6.07, 6.45) is 14.4. The molecule has 2 aliphatic heterocycles. The summed E-state index contributed by atoms with van der Waals surface area (Å²) in [7, 11) is 0. The van der Waals surface area contributed by atoms with Crippen LogP contribution in [0.1, 0.15) is 52.4 Å². The quantitative estimate of drug-likeness (QED) is 0.504. The lowest BCUT2D eigenvalue weighted by Gasteiger charge is -2.36. The van der Waals surface area contributed by atoms with Crippen LogP contribution in [0.5, 0.6) is 0 Å². The summed E-state index contributed by atoms with van der Waals surface area (Å²) in [6, 6.07) is 0. The van der Waals surface area contributed by atoms with E-state index in [1.807, 2.05) is 11.0 Å². The first-order chi connectivity index (χ1) is 14.4. The summed E-state index contributed by atoms with van der Waals surface area (Å²) in [5.41, 5.74) is 2.62. The zero-order chi connectivity index (χ0) is 21.3. The first-order valence-corrected chi connectivity index (χ1v) is 11.6. The molecule has 30 heavy (non-hydrogen) atoms. The molecule has 4 rings (SSSR count). The maximum absolute atomic E-state index is 13.1. The molecule has 0 N–H and O–H groups in total. The van der Waals surface area contributed by atoms with E-state index in [0.717, 1.165) is 38.8 Å². The number of nitrogens with zero attached hydrogens (tertiary/aromatic N) is 3. The minimum atomic E-state index is -0.437. The fourth-order valence-electron chi connectivity index (χ4n) is 5.08. The van der Waals surface area contributed by atoms with Crippen molar-refractivity contribution >= 4 is 34.9 Å². The number of carbonyl (C=O) groups excluding carboxylic acids is 2. The third-order valence-electron chi connectivity index (χ3n) is 6.52. The molecule has 160 valence electrons. The highest BCUT2D eigenvalue weighted by atomic mass is 32.1. The van der Waals surface area contributed by atoms with E-state index in [9.17, 15) is 9.59 Å². The van der Waals surface area contributed by atoms with Crippen LogP contribution in [-0.2, 0) is 9.59 Å². The van der Waals surface area contributed by atoms with Crippen molar-refractivity contribution in [1.29, 1.82) is 0 Å². The van der Waals surface area contributed by atoms with Crippen LogP contribution in [0, 0.1) is 17.8 Å². The van der Waals surface area contributed by atoms with Gasteiger partial charge in [-0.05, 0) is 68.7 Å². The highest BCUT2D eigenvalue weighted by Crippen LogP contribution is 2.27. The van der Waals surface area contributed by atoms with E-state index < -0.39 is 5.92 Å². The normalized spacial score (nSPS) is 29.3. The Labute approximate surface area is 184 Å². The Morgan fingerprint density at radius 2 is 2.00 bits per heavy atom. The number of thiocarbonyl (C=S) groups is 1. The standard InChI is InChI=1S/C24H31N3O2S/c1-16-12-17(2)15-26(14-16)22(28)19-8-9-20-21(13-19)25-24(30)27(23(20)29)11-10-18-6-4-3-5-7-18/h6,8-9,13,16-17,20H,3-5,7,10-12,14-15H2,1-2H3. The number of fused-ring (bicyclic) bond motifs is 1. The van der Waals surface area contributed by atoms with Gasteiger partial charge in [-0.1, -0.05) is 37.6 Å². The van der Waals surface area contributed by atoms with Crippen molar-refractivity contribution in [3.63, 3.8) is 0 Å². The molecule has 0 aromatic heterocycles. The number of likely N-dealkylation sites (tertiary alicyclic amines) is 1. The molecule has 1 saturated heterocycles. The molecule has 2 aliphatic carbocycles. The third kappa shape index (κ3) is 4.48.